The smallest absolute Gasteiger partial charge is 0.293 e. The van der Waals surface area contributed by atoms with Crippen molar-refractivity contribution in [2.24, 2.45) is 11.5 Å². The van der Waals surface area contributed by atoms with Crippen molar-refractivity contribution in [1.82, 2.24) is 9.97 Å². The molecule has 0 fully saturated rings. The van der Waals surface area contributed by atoms with E-state index in [1.807, 2.05) is 0 Å². The SMILES string of the molecule is O.[C-]#[N+]/C(N)=C(/N)[N+]#[C-].[C-]#[N+]c1nc[nH]c1[N+]#[C-].[CH-]=O.[Y].[Y]. The summed E-state index contributed by atoms with van der Waals surface area (Å²) in [5, 5.41) is 0. The van der Waals surface area contributed by atoms with Gasteiger partial charge in [-0.05, 0) is 0 Å². The molecule has 0 aliphatic heterocycles. The van der Waals surface area contributed by atoms with E-state index in [1.54, 1.807) is 0 Å². The minimum absolute atomic E-state index is 0. The molecule has 0 saturated heterocycles. The zero-order chi connectivity index (χ0) is 15.3. The van der Waals surface area contributed by atoms with E-state index in [-0.39, 0.29) is 94.2 Å². The minimum Gasteiger partial charge on any atom is -0.545 e. The molecule has 0 amide bonds. The first-order chi connectivity index (χ1) is 9.10. The molecule has 0 spiro atoms. The molecule has 0 unspecified atom stereocenters. The Bertz CT molecular complexity index is 564. The topological polar surface area (TPSA) is 147 Å². The molecule has 12 heteroatoms. The van der Waals surface area contributed by atoms with Gasteiger partial charge in [-0.2, -0.15) is 0 Å². The summed E-state index contributed by atoms with van der Waals surface area (Å²) in [6.07, 6.45) is 1.33. The molecule has 1 aromatic rings. The van der Waals surface area contributed by atoms with Gasteiger partial charge in [0.15, 0.2) is 0 Å². The molecule has 1 rings (SSSR count). The monoisotopic (exact) mass is 451 g/mol. The Balaban J connectivity index is -0.0000000704. The molecule has 1 aromatic heterocycles. The minimum atomic E-state index is -0.236. The Morgan fingerprint density at radius 2 is 1.45 bits per heavy atom. The van der Waals surface area contributed by atoms with Crippen molar-refractivity contribution in [2.75, 3.05) is 0 Å². The third-order valence-corrected chi connectivity index (χ3v) is 1.32. The zero-order valence-electron chi connectivity index (χ0n) is 11.1. The molecule has 7 N–H and O–H groups in total. The fourth-order valence-corrected chi connectivity index (χ4v) is 0.559. The molecule has 1 heterocycles. The van der Waals surface area contributed by atoms with E-state index in [0.29, 0.717) is 0 Å². The van der Waals surface area contributed by atoms with Crippen LogP contribution in [0.4, 0.5) is 11.6 Å². The normalized spacial score (nSPS) is 7.27. The number of aromatic amines is 1. The van der Waals surface area contributed by atoms with Gasteiger partial charge in [0, 0.05) is 65.4 Å². The second kappa shape index (κ2) is 21.6. The van der Waals surface area contributed by atoms with Crippen molar-refractivity contribution in [3.63, 3.8) is 0 Å². The predicted molar refractivity (Wildman–Crippen MR) is 70.1 cm³/mol. The molecular formula is C10H9N8O2Y2-. The van der Waals surface area contributed by atoms with Crippen LogP contribution < -0.4 is 11.5 Å². The van der Waals surface area contributed by atoms with Gasteiger partial charge < -0.3 is 41.1 Å². The van der Waals surface area contributed by atoms with E-state index in [9.17, 15) is 0 Å². The molecule has 0 bridgehead atoms. The Hall–Kier alpha value is -1.65. The number of imidazole rings is 1. The van der Waals surface area contributed by atoms with Crippen molar-refractivity contribution >= 4 is 18.4 Å². The van der Waals surface area contributed by atoms with E-state index < -0.39 is 0 Å². The van der Waals surface area contributed by atoms with Crippen molar-refractivity contribution in [2.45, 2.75) is 0 Å². The third-order valence-electron chi connectivity index (χ3n) is 1.32. The van der Waals surface area contributed by atoms with Gasteiger partial charge in [0.05, 0.1) is 0 Å². The second-order valence-electron chi connectivity index (χ2n) is 2.29. The Morgan fingerprint density at radius 3 is 1.68 bits per heavy atom. The number of H-pyrrole nitrogens is 1. The Labute approximate surface area is 177 Å². The number of hydrogen-bond acceptors (Lipinski definition) is 4. The average Bonchev–Trinajstić information content (AvgIpc) is 2.95. The maximum Gasteiger partial charge on any atom is 0.293 e. The average molecular weight is 451 g/mol. The summed E-state index contributed by atoms with van der Waals surface area (Å²) in [6.45, 7) is 28.8. The van der Waals surface area contributed by atoms with E-state index in [2.05, 4.69) is 36.1 Å². The van der Waals surface area contributed by atoms with Gasteiger partial charge in [0.1, 0.15) is 0 Å². The van der Waals surface area contributed by atoms with Crippen molar-refractivity contribution < 1.29 is 75.7 Å². The Kier molecular flexibility index (Phi) is 31.8. The standard InChI is InChI=1S/C5H2N4.C4H4N4.CHO.H2O.2Y/c1-6-4-5(7-2)9-3-8-4;1-7-3(5)4(6)8-2;1-2;;;/h3H,(H,8,9);5-6H2;1H;1H2;;/q;;-1;;;/b;4-3-;;;;. The van der Waals surface area contributed by atoms with Crippen LogP contribution in [0.2, 0.25) is 0 Å². The Morgan fingerprint density at radius 1 is 1.05 bits per heavy atom. The summed E-state index contributed by atoms with van der Waals surface area (Å²) >= 11 is 0. The van der Waals surface area contributed by atoms with Crippen LogP contribution in [0.5, 0.6) is 0 Å². The largest absolute Gasteiger partial charge is 0.545 e. The molecule has 22 heavy (non-hydrogen) atoms. The molecular weight excluding hydrogens is 442 g/mol. The third kappa shape index (κ3) is 13.3. The van der Waals surface area contributed by atoms with Crippen LogP contribution in [-0.2, 0) is 70.2 Å². The summed E-state index contributed by atoms with van der Waals surface area (Å²) in [7, 11) is 0. The van der Waals surface area contributed by atoms with Crippen LogP contribution in [0.25, 0.3) is 19.4 Å². The summed E-state index contributed by atoms with van der Waals surface area (Å²) < 4.78 is 0. The van der Waals surface area contributed by atoms with Crippen molar-refractivity contribution in [3.05, 3.63) is 63.6 Å². The zero-order valence-corrected chi connectivity index (χ0v) is 16.8. The van der Waals surface area contributed by atoms with Gasteiger partial charge in [-0.1, -0.05) is 31.3 Å². The fourth-order valence-electron chi connectivity index (χ4n) is 0.559. The first-order valence-corrected chi connectivity index (χ1v) is 4.12. The van der Waals surface area contributed by atoms with Crippen LogP contribution >= 0.6 is 0 Å². The van der Waals surface area contributed by atoms with Crippen molar-refractivity contribution in [3.8, 4) is 0 Å². The van der Waals surface area contributed by atoms with E-state index in [1.165, 1.54) is 6.33 Å². The number of aromatic nitrogens is 2. The number of hydrogen-bond donors (Lipinski definition) is 3. The number of rotatable bonds is 0. The molecule has 0 aliphatic rings. The molecule has 10 nitrogen and oxygen atoms in total. The van der Waals surface area contributed by atoms with Gasteiger partial charge in [-0.3, -0.25) is 11.8 Å². The first-order valence-electron chi connectivity index (χ1n) is 4.12. The van der Waals surface area contributed by atoms with E-state index in [4.69, 9.17) is 42.6 Å². The molecule has 0 aromatic carbocycles. The fraction of sp³-hybridized carbons (Fsp3) is 0. The van der Waals surface area contributed by atoms with Crippen LogP contribution in [0.3, 0.4) is 0 Å². The molecule has 108 valence electrons. The number of nitrogens with two attached hydrogens (primary N) is 2. The number of carbonyl (C=O) groups excluding carboxylic acids is 1. The summed E-state index contributed by atoms with van der Waals surface area (Å²) in [5.74, 6) is -0.116. The maximum absolute atomic E-state index is 7.75. The predicted octanol–water partition coefficient (Wildman–Crippen LogP) is 0.276. The van der Waals surface area contributed by atoms with Gasteiger partial charge in [0.25, 0.3) is 18.0 Å². The number of nitrogens with zero attached hydrogens (tertiary/aromatic N) is 5. The van der Waals surface area contributed by atoms with Gasteiger partial charge in [0.2, 0.25) is 11.6 Å². The first kappa shape index (κ1) is 32.3. The summed E-state index contributed by atoms with van der Waals surface area (Å²) in [6, 6.07) is 0. The van der Waals surface area contributed by atoms with E-state index >= 15 is 0 Å². The van der Waals surface area contributed by atoms with Crippen LogP contribution in [0.15, 0.2) is 18.0 Å². The molecule has 0 saturated carbocycles. The van der Waals surface area contributed by atoms with Crippen LogP contribution in [-0.4, -0.2) is 22.2 Å². The van der Waals surface area contributed by atoms with Gasteiger partial charge in [-0.15, -0.1) is 0 Å². The number of nitrogens with one attached hydrogen (secondary N) is 1. The van der Waals surface area contributed by atoms with Gasteiger partial charge in [-0.25, -0.2) is 0 Å². The van der Waals surface area contributed by atoms with Gasteiger partial charge >= 0.3 is 0 Å². The second-order valence-corrected chi connectivity index (χ2v) is 2.29. The van der Waals surface area contributed by atoms with E-state index in [0.717, 1.165) is 0 Å². The summed E-state index contributed by atoms with van der Waals surface area (Å²) in [4.78, 5) is 25.3. The molecule has 0 aliphatic carbocycles. The summed E-state index contributed by atoms with van der Waals surface area (Å²) in [5.41, 5.74) is 9.83. The van der Waals surface area contributed by atoms with Crippen molar-refractivity contribution in [1.29, 1.82) is 0 Å². The van der Waals surface area contributed by atoms with Crippen LogP contribution in [0, 0.1) is 26.3 Å². The van der Waals surface area contributed by atoms with Crippen LogP contribution in [0.1, 0.15) is 0 Å². The maximum atomic E-state index is 7.75. The molecule has 2 radical (unpaired) electrons. The quantitative estimate of drug-likeness (QED) is 0.384. The molecule has 0 atom stereocenters.